The van der Waals surface area contributed by atoms with Crippen molar-refractivity contribution in [3.63, 3.8) is 0 Å². The Balaban J connectivity index is 2.02. The van der Waals surface area contributed by atoms with E-state index in [0.717, 1.165) is 18.7 Å². The number of likely N-dealkylation sites (N-methyl/N-ethyl adjacent to an activating group) is 1. The van der Waals surface area contributed by atoms with Gasteiger partial charge in [-0.3, -0.25) is 19.0 Å². The van der Waals surface area contributed by atoms with E-state index in [1.54, 1.807) is 36.1 Å². The molecule has 1 aliphatic heterocycles. The Morgan fingerprint density at radius 1 is 1.07 bits per heavy atom. The Morgan fingerprint density at radius 3 is 2.41 bits per heavy atom. The third kappa shape index (κ3) is 4.28. The Hall–Kier alpha value is -2.44. The fourth-order valence-corrected chi connectivity index (χ4v) is 3.35. The predicted octanol–water partition coefficient (Wildman–Crippen LogP) is 2.01. The third-order valence-corrected chi connectivity index (χ3v) is 5.02. The average Bonchev–Trinajstić information content (AvgIpc) is 2.64. The predicted molar refractivity (Wildman–Crippen MR) is 104 cm³/mol. The molecule has 0 spiro atoms. The summed E-state index contributed by atoms with van der Waals surface area (Å²) >= 11 is 6.01. The van der Waals surface area contributed by atoms with Crippen molar-refractivity contribution in [1.82, 2.24) is 14.4 Å². The van der Waals surface area contributed by atoms with Gasteiger partial charge in [-0.15, -0.1) is 0 Å². The lowest BCUT2D eigenvalue weighted by atomic mass is 10.0. The number of carbonyl (C=O) groups excluding carboxylic acids is 2. The van der Waals surface area contributed by atoms with Gasteiger partial charge in [0.1, 0.15) is 0 Å². The zero-order chi connectivity index (χ0) is 19.6. The van der Waals surface area contributed by atoms with Gasteiger partial charge in [0.25, 0.3) is 11.5 Å². The standard InChI is InChI=1S/C20H22ClN3O3/c1-14-6-7-24(17(25)12-14)18(19(26)15-4-3-5-16(21)13-15)20(27)23-10-8-22(2)9-11-23/h3-7,12-13,18H,8-11H2,1-2H3/t18-/m1/s1. The van der Waals surface area contributed by atoms with Gasteiger partial charge in [0, 0.05) is 49.0 Å². The number of halogens is 1. The minimum atomic E-state index is -1.24. The van der Waals surface area contributed by atoms with Crippen LogP contribution in [-0.4, -0.2) is 59.3 Å². The van der Waals surface area contributed by atoms with Crippen LogP contribution in [0.1, 0.15) is 22.0 Å². The maximum Gasteiger partial charge on any atom is 0.253 e. The fraction of sp³-hybridized carbons (Fsp3) is 0.350. The summed E-state index contributed by atoms with van der Waals surface area (Å²) in [4.78, 5) is 42.7. The molecule has 0 aliphatic carbocycles. The van der Waals surface area contributed by atoms with E-state index in [0.29, 0.717) is 23.7 Å². The normalized spacial score (nSPS) is 16.2. The molecule has 0 N–H and O–H groups in total. The number of Topliss-reactive ketones (excluding diaryl/α,β-unsaturated/α-hetero) is 1. The number of hydrogen-bond acceptors (Lipinski definition) is 4. The van der Waals surface area contributed by atoms with Crippen LogP contribution in [0.4, 0.5) is 0 Å². The molecular weight excluding hydrogens is 366 g/mol. The first kappa shape index (κ1) is 19.3. The molecule has 0 bridgehead atoms. The summed E-state index contributed by atoms with van der Waals surface area (Å²) < 4.78 is 1.22. The molecule has 6 nitrogen and oxygen atoms in total. The van der Waals surface area contributed by atoms with Crippen molar-refractivity contribution in [3.05, 3.63) is 69.1 Å². The zero-order valence-electron chi connectivity index (χ0n) is 15.4. The number of nitrogens with zero attached hydrogens (tertiary/aromatic N) is 3. The summed E-state index contributed by atoms with van der Waals surface area (Å²) in [5.74, 6) is -0.800. The number of hydrogen-bond donors (Lipinski definition) is 0. The highest BCUT2D eigenvalue weighted by Crippen LogP contribution is 2.20. The molecule has 1 atom stereocenters. The zero-order valence-corrected chi connectivity index (χ0v) is 16.1. The van der Waals surface area contributed by atoms with Crippen LogP contribution in [0.2, 0.25) is 5.02 Å². The summed E-state index contributed by atoms with van der Waals surface area (Å²) in [5.41, 5.74) is 0.706. The number of aryl methyl sites for hydroxylation is 1. The van der Waals surface area contributed by atoms with E-state index >= 15 is 0 Å². The molecule has 1 aliphatic rings. The van der Waals surface area contributed by atoms with Crippen LogP contribution < -0.4 is 5.56 Å². The first-order chi connectivity index (χ1) is 12.9. The van der Waals surface area contributed by atoms with Crippen LogP contribution in [0.3, 0.4) is 0 Å². The first-order valence-corrected chi connectivity index (χ1v) is 9.20. The largest absolute Gasteiger partial charge is 0.338 e. The van der Waals surface area contributed by atoms with Crippen molar-refractivity contribution in [2.75, 3.05) is 33.2 Å². The SMILES string of the molecule is Cc1ccn([C@H](C(=O)c2cccc(Cl)c2)C(=O)N2CCN(C)CC2)c(=O)c1. The van der Waals surface area contributed by atoms with Gasteiger partial charge in [-0.25, -0.2) is 0 Å². The molecule has 3 rings (SSSR count). The molecule has 27 heavy (non-hydrogen) atoms. The van der Waals surface area contributed by atoms with E-state index in [4.69, 9.17) is 11.6 Å². The van der Waals surface area contributed by atoms with Gasteiger partial charge >= 0.3 is 0 Å². The lowest BCUT2D eigenvalue weighted by Gasteiger charge is -2.34. The van der Waals surface area contributed by atoms with Crippen LogP contribution in [0.15, 0.2) is 47.4 Å². The smallest absolute Gasteiger partial charge is 0.253 e. The van der Waals surface area contributed by atoms with Gasteiger partial charge in [0.05, 0.1) is 0 Å². The Morgan fingerprint density at radius 2 is 1.78 bits per heavy atom. The average molecular weight is 388 g/mol. The lowest BCUT2D eigenvalue weighted by Crippen LogP contribution is -2.51. The monoisotopic (exact) mass is 387 g/mol. The van der Waals surface area contributed by atoms with Crippen molar-refractivity contribution < 1.29 is 9.59 Å². The van der Waals surface area contributed by atoms with Gasteiger partial charge in [-0.05, 0) is 37.7 Å². The molecule has 1 aromatic carbocycles. The molecule has 2 aromatic rings. The van der Waals surface area contributed by atoms with Gasteiger partial charge < -0.3 is 9.80 Å². The summed E-state index contributed by atoms with van der Waals surface area (Å²) in [6.07, 6.45) is 1.51. The minimum absolute atomic E-state index is 0.308. The van der Waals surface area contributed by atoms with E-state index < -0.39 is 11.8 Å². The Labute approximate surface area is 163 Å². The van der Waals surface area contributed by atoms with Gasteiger partial charge in [-0.2, -0.15) is 0 Å². The summed E-state index contributed by atoms with van der Waals surface area (Å²) in [7, 11) is 1.99. The van der Waals surface area contributed by atoms with Crippen molar-refractivity contribution in [1.29, 1.82) is 0 Å². The highest BCUT2D eigenvalue weighted by molar-refractivity contribution is 6.31. The second-order valence-electron chi connectivity index (χ2n) is 6.86. The Kier molecular flexibility index (Phi) is 5.77. The number of amides is 1. The number of ketones is 1. The molecule has 0 unspecified atom stereocenters. The molecule has 7 heteroatoms. The summed E-state index contributed by atoms with van der Waals surface area (Å²) in [6.45, 7) is 4.30. The number of aromatic nitrogens is 1. The molecule has 1 saturated heterocycles. The van der Waals surface area contributed by atoms with Crippen molar-refractivity contribution in [2.45, 2.75) is 13.0 Å². The summed E-state index contributed by atoms with van der Waals surface area (Å²) in [5, 5.41) is 0.405. The van der Waals surface area contributed by atoms with E-state index in [1.165, 1.54) is 22.9 Å². The molecule has 0 saturated carbocycles. The van der Waals surface area contributed by atoms with Gasteiger partial charge in [0.15, 0.2) is 11.8 Å². The molecule has 1 amide bonds. The van der Waals surface area contributed by atoms with Crippen molar-refractivity contribution in [2.24, 2.45) is 0 Å². The van der Waals surface area contributed by atoms with Crippen LogP contribution in [-0.2, 0) is 4.79 Å². The highest BCUT2D eigenvalue weighted by atomic mass is 35.5. The van der Waals surface area contributed by atoms with E-state index in [1.807, 2.05) is 7.05 Å². The molecule has 0 radical (unpaired) electrons. The van der Waals surface area contributed by atoms with Gasteiger partial charge in [-0.1, -0.05) is 23.7 Å². The van der Waals surface area contributed by atoms with Crippen LogP contribution in [0, 0.1) is 6.92 Å². The van der Waals surface area contributed by atoms with Gasteiger partial charge in [0.2, 0.25) is 0 Å². The molecule has 1 fully saturated rings. The van der Waals surface area contributed by atoms with E-state index in [-0.39, 0.29) is 11.5 Å². The number of piperazine rings is 1. The number of benzene rings is 1. The second-order valence-corrected chi connectivity index (χ2v) is 7.29. The second kappa shape index (κ2) is 8.06. The number of carbonyl (C=O) groups is 2. The minimum Gasteiger partial charge on any atom is -0.338 e. The van der Waals surface area contributed by atoms with Crippen LogP contribution in [0.5, 0.6) is 0 Å². The van der Waals surface area contributed by atoms with E-state index in [2.05, 4.69) is 4.90 Å². The van der Waals surface area contributed by atoms with Crippen LogP contribution >= 0.6 is 11.6 Å². The molecule has 1 aromatic heterocycles. The highest BCUT2D eigenvalue weighted by Gasteiger charge is 2.34. The topological polar surface area (TPSA) is 62.6 Å². The Bertz CT molecular complexity index is 917. The molecule has 142 valence electrons. The summed E-state index contributed by atoms with van der Waals surface area (Å²) in [6, 6.07) is 8.36. The maximum absolute atomic E-state index is 13.2. The number of pyridine rings is 1. The maximum atomic E-state index is 13.2. The first-order valence-electron chi connectivity index (χ1n) is 8.83. The molecule has 2 heterocycles. The molecular formula is C20H22ClN3O3. The fourth-order valence-electron chi connectivity index (χ4n) is 3.16. The van der Waals surface area contributed by atoms with Crippen molar-refractivity contribution in [3.8, 4) is 0 Å². The quantitative estimate of drug-likeness (QED) is 0.594. The van der Waals surface area contributed by atoms with E-state index in [9.17, 15) is 14.4 Å². The van der Waals surface area contributed by atoms with Crippen LogP contribution in [0.25, 0.3) is 0 Å². The lowest BCUT2D eigenvalue weighted by molar-refractivity contribution is -0.135. The number of rotatable bonds is 4. The van der Waals surface area contributed by atoms with Crippen molar-refractivity contribution >= 4 is 23.3 Å². The third-order valence-electron chi connectivity index (χ3n) is 4.79.